The second-order valence-electron chi connectivity index (χ2n) is 7.13. The van der Waals surface area contributed by atoms with Gasteiger partial charge in [-0.1, -0.05) is 29.8 Å². The van der Waals surface area contributed by atoms with Crippen LogP contribution in [0.1, 0.15) is 18.1 Å². The van der Waals surface area contributed by atoms with Crippen molar-refractivity contribution in [2.24, 2.45) is 5.92 Å². The standard InChI is InChI=1S/C22H23NO4S/c1-15-8-10-18(11-9-15)28(24,25)23-13-17-12-22(27-16(2)20(17)14-23)19-6-4-5-7-21(19)26-3/h4-12,17H,13-14H2,1-3H3/t17-/m1/s1. The number of ether oxygens (including phenoxy) is 2. The summed E-state index contributed by atoms with van der Waals surface area (Å²) in [5.41, 5.74) is 2.91. The summed E-state index contributed by atoms with van der Waals surface area (Å²) in [5, 5.41) is 0. The minimum atomic E-state index is -3.54. The van der Waals surface area contributed by atoms with E-state index in [0.29, 0.717) is 23.7 Å². The summed E-state index contributed by atoms with van der Waals surface area (Å²) in [6, 6.07) is 14.6. The van der Waals surface area contributed by atoms with Gasteiger partial charge in [-0.25, -0.2) is 8.42 Å². The molecule has 0 bridgehead atoms. The summed E-state index contributed by atoms with van der Waals surface area (Å²) in [6.45, 7) is 4.59. The third-order valence-corrected chi connectivity index (χ3v) is 7.12. The van der Waals surface area contributed by atoms with Gasteiger partial charge in [-0.2, -0.15) is 4.31 Å². The minimum Gasteiger partial charge on any atom is -0.496 e. The number of para-hydroxylation sites is 1. The van der Waals surface area contributed by atoms with Gasteiger partial charge in [0.15, 0.2) is 0 Å². The van der Waals surface area contributed by atoms with Gasteiger partial charge >= 0.3 is 0 Å². The van der Waals surface area contributed by atoms with Crippen molar-refractivity contribution in [2.45, 2.75) is 18.7 Å². The van der Waals surface area contributed by atoms with Gasteiger partial charge in [0.1, 0.15) is 17.3 Å². The normalized spacial score (nSPS) is 19.8. The SMILES string of the molecule is COc1ccccc1C1=C[C@@H]2CN(S(=O)(=O)c3ccc(C)cc3)CC2=C(C)O1. The molecule has 2 heterocycles. The lowest BCUT2D eigenvalue weighted by atomic mass is 9.97. The van der Waals surface area contributed by atoms with Crippen molar-refractivity contribution in [3.05, 3.63) is 77.1 Å². The van der Waals surface area contributed by atoms with Crippen LogP contribution in [-0.2, 0) is 14.8 Å². The predicted molar refractivity (Wildman–Crippen MR) is 108 cm³/mol. The number of sulfonamides is 1. The number of benzene rings is 2. The molecule has 1 fully saturated rings. The average Bonchev–Trinajstić information content (AvgIpc) is 3.14. The Kier molecular flexibility index (Phi) is 4.77. The van der Waals surface area contributed by atoms with E-state index >= 15 is 0 Å². The maximum atomic E-state index is 13.1. The summed E-state index contributed by atoms with van der Waals surface area (Å²) in [7, 11) is -1.92. The van der Waals surface area contributed by atoms with Crippen molar-refractivity contribution < 1.29 is 17.9 Å². The molecule has 146 valence electrons. The number of hydrogen-bond acceptors (Lipinski definition) is 4. The zero-order valence-electron chi connectivity index (χ0n) is 16.2. The van der Waals surface area contributed by atoms with Crippen molar-refractivity contribution in [2.75, 3.05) is 20.2 Å². The highest BCUT2D eigenvalue weighted by atomic mass is 32.2. The van der Waals surface area contributed by atoms with E-state index in [1.165, 1.54) is 4.31 Å². The Morgan fingerprint density at radius 2 is 1.79 bits per heavy atom. The molecular weight excluding hydrogens is 374 g/mol. The molecule has 4 rings (SSSR count). The van der Waals surface area contributed by atoms with Gasteiger partial charge in [0.25, 0.3) is 0 Å². The summed E-state index contributed by atoms with van der Waals surface area (Å²) in [6.07, 6.45) is 2.00. The van der Waals surface area contributed by atoms with E-state index in [9.17, 15) is 8.42 Å². The molecule has 0 N–H and O–H groups in total. The average molecular weight is 397 g/mol. The molecule has 2 aromatic carbocycles. The van der Waals surface area contributed by atoms with E-state index in [1.807, 2.05) is 56.3 Å². The third kappa shape index (κ3) is 3.23. The number of nitrogens with zero attached hydrogens (tertiary/aromatic N) is 1. The largest absolute Gasteiger partial charge is 0.496 e. The van der Waals surface area contributed by atoms with Gasteiger partial charge in [0, 0.05) is 19.0 Å². The molecule has 0 spiro atoms. The summed E-state index contributed by atoms with van der Waals surface area (Å²) in [5.74, 6) is 2.19. The first kappa shape index (κ1) is 18.8. The van der Waals surface area contributed by atoms with Crippen LogP contribution >= 0.6 is 0 Å². The highest BCUT2D eigenvalue weighted by molar-refractivity contribution is 7.89. The first-order chi connectivity index (χ1) is 13.4. The molecule has 2 aliphatic heterocycles. The zero-order chi connectivity index (χ0) is 19.9. The van der Waals surface area contributed by atoms with Gasteiger partial charge in [-0.3, -0.25) is 0 Å². The van der Waals surface area contributed by atoms with Gasteiger partial charge in [0.2, 0.25) is 10.0 Å². The fourth-order valence-corrected chi connectivity index (χ4v) is 5.15. The number of methoxy groups -OCH3 is 1. The lowest BCUT2D eigenvalue weighted by Crippen LogP contribution is -2.28. The number of aryl methyl sites for hydroxylation is 1. The predicted octanol–water partition coefficient (Wildman–Crippen LogP) is 3.97. The second kappa shape index (κ2) is 7.11. The molecular formula is C22H23NO4S. The minimum absolute atomic E-state index is 0.00566. The van der Waals surface area contributed by atoms with Crippen LogP contribution in [0.5, 0.6) is 5.75 Å². The Bertz CT molecular complexity index is 1070. The molecule has 5 nitrogen and oxygen atoms in total. The van der Waals surface area contributed by atoms with Crippen LogP contribution in [0, 0.1) is 12.8 Å². The second-order valence-corrected chi connectivity index (χ2v) is 9.07. The Balaban J connectivity index is 1.65. The molecule has 6 heteroatoms. The maximum absolute atomic E-state index is 13.1. The number of hydrogen-bond donors (Lipinski definition) is 0. The topological polar surface area (TPSA) is 55.8 Å². The van der Waals surface area contributed by atoms with E-state index in [1.54, 1.807) is 19.2 Å². The van der Waals surface area contributed by atoms with E-state index in [4.69, 9.17) is 9.47 Å². The van der Waals surface area contributed by atoms with Gasteiger partial charge in [0.05, 0.1) is 17.6 Å². The highest BCUT2D eigenvalue weighted by Gasteiger charge is 2.38. The number of rotatable bonds is 4. The van der Waals surface area contributed by atoms with Crippen molar-refractivity contribution in [3.63, 3.8) is 0 Å². The molecule has 0 aliphatic carbocycles. The molecule has 0 radical (unpaired) electrons. The molecule has 0 aromatic heterocycles. The first-order valence-electron chi connectivity index (χ1n) is 9.19. The quantitative estimate of drug-likeness (QED) is 0.783. The lowest BCUT2D eigenvalue weighted by molar-refractivity contribution is 0.355. The van der Waals surface area contributed by atoms with Gasteiger partial charge in [-0.15, -0.1) is 0 Å². The molecule has 1 saturated heterocycles. The Hall–Kier alpha value is -2.57. The fraction of sp³-hybridized carbons (Fsp3) is 0.273. The molecule has 0 unspecified atom stereocenters. The van der Waals surface area contributed by atoms with Crippen LogP contribution in [0.2, 0.25) is 0 Å². The highest BCUT2D eigenvalue weighted by Crippen LogP contribution is 2.40. The Morgan fingerprint density at radius 1 is 1.07 bits per heavy atom. The summed E-state index contributed by atoms with van der Waals surface area (Å²) >= 11 is 0. The maximum Gasteiger partial charge on any atom is 0.243 e. The molecule has 1 atom stereocenters. The first-order valence-corrected chi connectivity index (χ1v) is 10.6. The molecule has 0 amide bonds. The van der Waals surface area contributed by atoms with Crippen molar-refractivity contribution >= 4 is 15.8 Å². The van der Waals surface area contributed by atoms with Gasteiger partial charge in [-0.05, 0) is 49.8 Å². The Morgan fingerprint density at radius 3 is 2.50 bits per heavy atom. The number of fused-ring (bicyclic) bond motifs is 1. The number of allylic oxidation sites excluding steroid dienone is 1. The molecule has 28 heavy (non-hydrogen) atoms. The Labute approximate surface area is 165 Å². The summed E-state index contributed by atoms with van der Waals surface area (Å²) < 4.78 is 39.2. The fourth-order valence-electron chi connectivity index (χ4n) is 3.71. The van der Waals surface area contributed by atoms with Crippen LogP contribution in [0.15, 0.2) is 70.8 Å². The van der Waals surface area contributed by atoms with E-state index in [0.717, 1.165) is 28.2 Å². The van der Waals surface area contributed by atoms with Gasteiger partial charge < -0.3 is 9.47 Å². The summed E-state index contributed by atoms with van der Waals surface area (Å²) in [4.78, 5) is 0.324. The van der Waals surface area contributed by atoms with Crippen LogP contribution in [0.4, 0.5) is 0 Å². The van der Waals surface area contributed by atoms with Crippen LogP contribution in [0.25, 0.3) is 5.76 Å². The lowest BCUT2D eigenvalue weighted by Gasteiger charge is -2.22. The van der Waals surface area contributed by atoms with Crippen LogP contribution in [0.3, 0.4) is 0 Å². The van der Waals surface area contributed by atoms with Crippen LogP contribution in [-0.4, -0.2) is 32.9 Å². The van der Waals surface area contributed by atoms with E-state index < -0.39 is 10.0 Å². The van der Waals surface area contributed by atoms with E-state index in [2.05, 4.69) is 0 Å². The van der Waals surface area contributed by atoms with Crippen molar-refractivity contribution in [1.82, 2.24) is 4.31 Å². The van der Waals surface area contributed by atoms with Crippen molar-refractivity contribution in [1.29, 1.82) is 0 Å². The zero-order valence-corrected chi connectivity index (χ0v) is 17.0. The smallest absolute Gasteiger partial charge is 0.243 e. The molecule has 2 aliphatic rings. The molecule has 2 aromatic rings. The third-order valence-electron chi connectivity index (χ3n) is 5.29. The monoisotopic (exact) mass is 397 g/mol. The van der Waals surface area contributed by atoms with Crippen molar-refractivity contribution in [3.8, 4) is 5.75 Å². The molecule has 0 saturated carbocycles. The van der Waals surface area contributed by atoms with Crippen LogP contribution < -0.4 is 4.74 Å². The van der Waals surface area contributed by atoms with E-state index in [-0.39, 0.29) is 5.92 Å².